The zero-order valence-electron chi connectivity index (χ0n) is 14.4. The second-order valence-corrected chi connectivity index (χ2v) is 6.53. The highest BCUT2D eigenvalue weighted by Crippen LogP contribution is 2.21. The molecule has 2 aliphatic heterocycles. The molecule has 0 aromatic carbocycles. The minimum Gasteiger partial charge on any atom is -0.467 e. The summed E-state index contributed by atoms with van der Waals surface area (Å²) in [5, 5.41) is 6.05. The molecule has 2 saturated heterocycles. The molecule has 24 heavy (non-hydrogen) atoms. The van der Waals surface area contributed by atoms with E-state index in [1.54, 1.807) is 7.11 Å². The number of anilines is 2. The lowest BCUT2D eigenvalue weighted by Crippen LogP contribution is -2.49. The van der Waals surface area contributed by atoms with Gasteiger partial charge in [-0.15, -0.1) is 0 Å². The minimum atomic E-state index is -0.331. The van der Waals surface area contributed by atoms with Crippen molar-refractivity contribution in [2.45, 2.75) is 45.1 Å². The quantitative estimate of drug-likeness (QED) is 0.854. The molecule has 0 aliphatic carbocycles. The Morgan fingerprint density at radius 1 is 1.17 bits per heavy atom. The number of methoxy groups -OCH3 is 1. The first kappa shape index (κ1) is 16.7. The van der Waals surface area contributed by atoms with Crippen molar-refractivity contribution in [1.82, 2.24) is 20.3 Å². The van der Waals surface area contributed by atoms with Gasteiger partial charge in [-0.3, -0.25) is 4.79 Å². The highest BCUT2D eigenvalue weighted by Gasteiger charge is 2.30. The maximum atomic E-state index is 12.1. The standard InChI is InChI=1S/C16H26N6O2/c1-11-7-8-17-13(23)12(11)18-14-19-15(21-16(20-14)24-2)22-9-5-3-4-6-10-22/h11-12H,3-10H2,1-2H3,(H,17,23)(H,18,19,20,21)/t11-,12-/m1/s1. The normalized spacial score (nSPS) is 24.9. The molecule has 0 saturated carbocycles. The molecule has 0 unspecified atom stereocenters. The number of piperidine rings is 1. The van der Waals surface area contributed by atoms with Crippen LogP contribution in [0, 0.1) is 5.92 Å². The maximum Gasteiger partial charge on any atom is 0.322 e. The second kappa shape index (κ2) is 7.63. The molecule has 3 heterocycles. The average Bonchev–Trinajstić information content (AvgIpc) is 2.87. The van der Waals surface area contributed by atoms with Crippen molar-refractivity contribution in [3.63, 3.8) is 0 Å². The summed E-state index contributed by atoms with van der Waals surface area (Å²) < 4.78 is 5.23. The van der Waals surface area contributed by atoms with Gasteiger partial charge in [-0.05, 0) is 25.2 Å². The predicted molar refractivity (Wildman–Crippen MR) is 91.3 cm³/mol. The van der Waals surface area contributed by atoms with E-state index in [-0.39, 0.29) is 23.9 Å². The van der Waals surface area contributed by atoms with Crippen molar-refractivity contribution in [3.05, 3.63) is 0 Å². The van der Waals surface area contributed by atoms with Crippen LogP contribution in [-0.2, 0) is 4.79 Å². The van der Waals surface area contributed by atoms with Crippen LogP contribution in [0.3, 0.4) is 0 Å². The maximum absolute atomic E-state index is 12.1. The number of ether oxygens (including phenoxy) is 1. The van der Waals surface area contributed by atoms with E-state index in [0.717, 1.165) is 38.9 Å². The first-order valence-corrected chi connectivity index (χ1v) is 8.76. The van der Waals surface area contributed by atoms with Gasteiger partial charge in [0.15, 0.2) is 0 Å². The summed E-state index contributed by atoms with van der Waals surface area (Å²) in [7, 11) is 1.54. The summed E-state index contributed by atoms with van der Waals surface area (Å²) in [4.78, 5) is 27.5. The fourth-order valence-electron chi connectivity index (χ4n) is 3.22. The summed E-state index contributed by atoms with van der Waals surface area (Å²) in [6.45, 7) is 4.65. The Balaban J connectivity index is 1.81. The monoisotopic (exact) mass is 334 g/mol. The second-order valence-electron chi connectivity index (χ2n) is 6.53. The topological polar surface area (TPSA) is 92.3 Å². The van der Waals surface area contributed by atoms with Crippen LogP contribution >= 0.6 is 0 Å². The van der Waals surface area contributed by atoms with Crippen LogP contribution in [0.1, 0.15) is 39.0 Å². The molecule has 1 amide bonds. The van der Waals surface area contributed by atoms with Crippen LogP contribution in [0.2, 0.25) is 0 Å². The zero-order chi connectivity index (χ0) is 16.9. The number of hydrogen-bond donors (Lipinski definition) is 2. The number of amides is 1. The third-order valence-corrected chi connectivity index (χ3v) is 4.71. The van der Waals surface area contributed by atoms with Crippen LogP contribution in [0.5, 0.6) is 6.01 Å². The Morgan fingerprint density at radius 2 is 1.92 bits per heavy atom. The molecule has 0 radical (unpaired) electrons. The van der Waals surface area contributed by atoms with Crippen molar-refractivity contribution in [1.29, 1.82) is 0 Å². The van der Waals surface area contributed by atoms with Crippen molar-refractivity contribution in [3.8, 4) is 6.01 Å². The van der Waals surface area contributed by atoms with E-state index in [9.17, 15) is 4.79 Å². The molecule has 2 N–H and O–H groups in total. The summed E-state index contributed by atoms with van der Waals surface area (Å²) >= 11 is 0. The summed E-state index contributed by atoms with van der Waals surface area (Å²) in [5.74, 6) is 1.23. The SMILES string of the molecule is COc1nc(N[C@H]2C(=O)NCC[C@H]2C)nc(N2CCCCCC2)n1. The molecule has 2 aliphatic rings. The first-order chi connectivity index (χ1) is 11.7. The van der Waals surface area contributed by atoms with Gasteiger partial charge < -0.3 is 20.3 Å². The Morgan fingerprint density at radius 3 is 2.58 bits per heavy atom. The lowest BCUT2D eigenvalue weighted by atomic mass is 9.94. The van der Waals surface area contributed by atoms with Gasteiger partial charge in [-0.25, -0.2) is 0 Å². The van der Waals surface area contributed by atoms with E-state index in [1.165, 1.54) is 12.8 Å². The number of carbonyl (C=O) groups excluding carboxylic acids is 1. The third kappa shape index (κ3) is 3.85. The van der Waals surface area contributed by atoms with Crippen molar-refractivity contribution in [2.24, 2.45) is 5.92 Å². The highest BCUT2D eigenvalue weighted by molar-refractivity contribution is 5.85. The van der Waals surface area contributed by atoms with E-state index < -0.39 is 0 Å². The zero-order valence-corrected chi connectivity index (χ0v) is 14.4. The third-order valence-electron chi connectivity index (χ3n) is 4.71. The van der Waals surface area contributed by atoms with E-state index in [2.05, 4.69) is 37.4 Å². The average molecular weight is 334 g/mol. The van der Waals surface area contributed by atoms with Crippen LogP contribution in [-0.4, -0.2) is 53.6 Å². The molecule has 132 valence electrons. The Labute approximate surface area is 142 Å². The summed E-state index contributed by atoms with van der Waals surface area (Å²) in [6, 6.07) is -0.0570. The van der Waals surface area contributed by atoms with Crippen molar-refractivity contribution >= 4 is 17.8 Å². The van der Waals surface area contributed by atoms with E-state index >= 15 is 0 Å². The van der Waals surface area contributed by atoms with Gasteiger partial charge in [-0.1, -0.05) is 19.8 Å². The number of hydrogen-bond acceptors (Lipinski definition) is 7. The van der Waals surface area contributed by atoms with Gasteiger partial charge >= 0.3 is 6.01 Å². The number of rotatable bonds is 4. The van der Waals surface area contributed by atoms with Crippen molar-refractivity contribution < 1.29 is 9.53 Å². The lowest BCUT2D eigenvalue weighted by Gasteiger charge is -2.29. The first-order valence-electron chi connectivity index (χ1n) is 8.76. The summed E-state index contributed by atoms with van der Waals surface area (Å²) in [6.07, 6.45) is 5.69. The van der Waals surface area contributed by atoms with Gasteiger partial charge in [0.05, 0.1) is 7.11 Å². The molecular weight excluding hydrogens is 308 g/mol. The molecule has 1 aromatic heterocycles. The molecule has 8 nitrogen and oxygen atoms in total. The van der Waals surface area contributed by atoms with Crippen LogP contribution in [0.4, 0.5) is 11.9 Å². The number of aromatic nitrogens is 3. The fourth-order valence-corrected chi connectivity index (χ4v) is 3.22. The molecule has 2 atom stereocenters. The molecule has 3 rings (SSSR count). The smallest absolute Gasteiger partial charge is 0.322 e. The van der Waals surface area contributed by atoms with Gasteiger partial charge in [0.1, 0.15) is 6.04 Å². The molecule has 8 heteroatoms. The Kier molecular flexibility index (Phi) is 5.32. The van der Waals surface area contributed by atoms with E-state index in [1.807, 2.05) is 0 Å². The van der Waals surface area contributed by atoms with E-state index in [0.29, 0.717) is 11.9 Å². The number of nitrogens with one attached hydrogen (secondary N) is 2. The van der Waals surface area contributed by atoms with Crippen molar-refractivity contribution in [2.75, 3.05) is 37.0 Å². The molecule has 0 spiro atoms. The molecule has 2 fully saturated rings. The predicted octanol–water partition coefficient (Wildman–Crippen LogP) is 1.20. The van der Waals surface area contributed by atoms with Gasteiger partial charge in [-0.2, -0.15) is 15.0 Å². The van der Waals surface area contributed by atoms with Crippen LogP contribution in [0.15, 0.2) is 0 Å². The van der Waals surface area contributed by atoms with E-state index in [4.69, 9.17) is 4.74 Å². The minimum absolute atomic E-state index is 0.00977. The van der Waals surface area contributed by atoms with Gasteiger partial charge in [0.2, 0.25) is 17.8 Å². The molecular formula is C16H26N6O2. The largest absolute Gasteiger partial charge is 0.467 e. The fraction of sp³-hybridized carbons (Fsp3) is 0.750. The Bertz CT molecular complexity index is 574. The number of nitrogens with zero attached hydrogens (tertiary/aromatic N) is 4. The molecule has 0 bridgehead atoms. The van der Waals surface area contributed by atoms with Crippen LogP contribution < -0.4 is 20.3 Å². The Hall–Kier alpha value is -2.12. The molecule has 1 aromatic rings. The number of carbonyl (C=O) groups is 1. The van der Waals surface area contributed by atoms with Gasteiger partial charge in [0, 0.05) is 19.6 Å². The van der Waals surface area contributed by atoms with Gasteiger partial charge in [0.25, 0.3) is 0 Å². The van der Waals surface area contributed by atoms with Crippen LogP contribution in [0.25, 0.3) is 0 Å². The highest BCUT2D eigenvalue weighted by atomic mass is 16.5. The summed E-state index contributed by atoms with van der Waals surface area (Å²) in [5.41, 5.74) is 0. The lowest BCUT2D eigenvalue weighted by molar-refractivity contribution is -0.124.